The number of carbonyl (C=O) groups is 1. The lowest BCUT2D eigenvalue weighted by atomic mass is 10.1. The number of aryl methyl sites for hydroxylation is 1. The molecule has 0 N–H and O–H groups in total. The summed E-state index contributed by atoms with van der Waals surface area (Å²) in [6.45, 7) is 12.9. The second-order valence-corrected chi connectivity index (χ2v) is 8.19. The Labute approximate surface area is 179 Å². The van der Waals surface area contributed by atoms with Crippen LogP contribution in [0, 0.1) is 6.92 Å². The minimum atomic E-state index is 0.00536. The molecule has 0 bridgehead atoms. The zero-order valence-corrected chi connectivity index (χ0v) is 18.8. The van der Waals surface area contributed by atoms with Gasteiger partial charge in [-0.1, -0.05) is 13.8 Å². The van der Waals surface area contributed by atoms with E-state index in [1.807, 2.05) is 31.7 Å². The molecule has 0 aliphatic carbocycles. The van der Waals surface area contributed by atoms with Crippen LogP contribution in [0.5, 0.6) is 11.5 Å². The Kier molecular flexibility index (Phi) is 6.80. The molecule has 1 saturated heterocycles. The van der Waals surface area contributed by atoms with Gasteiger partial charge in [0.1, 0.15) is 11.6 Å². The molecule has 1 fully saturated rings. The third-order valence-electron chi connectivity index (χ3n) is 5.04. The van der Waals surface area contributed by atoms with Gasteiger partial charge >= 0.3 is 0 Å². The Morgan fingerprint density at radius 2 is 1.70 bits per heavy atom. The van der Waals surface area contributed by atoms with Crippen LogP contribution in [-0.4, -0.2) is 60.2 Å². The average molecular weight is 413 g/mol. The SMILES string of the molecule is COc1cc(C(=O)N2CCN(c3cc(C)nc(C(C)C)n3)CC2)ccc1OC(C)C. The number of amides is 1. The molecule has 0 spiro atoms. The molecule has 1 aromatic carbocycles. The molecule has 0 saturated carbocycles. The maximum atomic E-state index is 13.0. The van der Waals surface area contributed by atoms with Crippen molar-refractivity contribution in [2.24, 2.45) is 0 Å². The minimum Gasteiger partial charge on any atom is -0.493 e. The summed E-state index contributed by atoms with van der Waals surface area (Å²) in [7, 11) is 1.59. The van der Waals surface area contributed by atoms with Gasteiger partial charge in [0.2, 0.25) is 0 Å². The van der Waals surface area contributed by atoms with E-state index in [4.69, 9.17) is 14.5 Å². The van der Waals surface area contributed by atoms with Crippen LogP contribution in [0.1, 0.15) is 55.5 Å². The number of methoxy groups -OCH3 is 1. The lowest BCUT2D eigenvalue weighted by Crippen LogP contribution is -2.49. The predicted octanol–water partition coefficient (Wildman–Crippen LogP) is 3.67. The summed E-state index contributed by atoms with van der Waals surface area (Å²) in [5.41, 5.74) is 1.58. The van der Waals surface area contributed by atoms with Crippen molar-refractivity contribution in [1.82, 2.24) is 14.9 Å². The van der Waals surface area contributed by atoms with Gasteiger partial charge in [0.25, 0.3) is 5.91 Å². The van der Waals surface area contributed by atoms with E-state index in [0.29, 0.717) is 30.2 Å². The van der Waals surface area contributed by atoms with Crippen LogP contribution >= 0.6 is 0 Å². The maximum absolute atomic E-state index is 13.0. The second-order valence-electron chi connectivity index (χ2n) is 8.19. The predicted molar refractivity (Wildman–Crippen MR) is 118 cm³/mol. The van der Waals surface area contributed by atoms with Gasteiger partial charge in [-0.25, -0.2) is 9.97 Å². The normalized spacial score (nSPS) is 14.4. The fraction of sp³-hybridized carbons (Fsp3) is 0.522. The fourth-order valence-electron chi connectivity index (χ4n) is 3.47. The molecule has 7 nitrogen and oxygen atoms in total. The van der Waals surface area contributed by atoms with Gasteiger partial charge in [-0.15, -0.1) is 0 Å². The molecule has 0 radical (unpaired) electrons. The average Bonchev–Trinajstić information content (AvgIpc) is 2.72. The minimum absolute atomic E-state index is 0.00536. The molecule has 0 unspecified atom stereocenters. The molecule has 2 aromatic rings. The Bertz CT molecular complexity index is 890. The summed E-state index contributed by atoms with van der Waals surface area (Å²) in [6.07, 6.45) is 0.0372. The molecule has 1 amide bonds. The molecule has 3 rings (SSSR count). The van der Waals surface area contributed by atoms with E-state index in [1.54, 1.807) is 25.3 Å². The van der Waals surface area contributed by atoms with Crippen molar-refractivity contribution < 1.29 is 14.3 Å². The first kappa shape index (κ1) is 21.9. The lowest BCUT2D eigenvalue weighted by molar-refractivity contribution is 0.0746. The number of rotatable bonds is 6. The Morgan fingerprint density at radius 3 is 2.30 bits per heavy atom. The number of carbonyl (C=O) groups excluding carboxylic acids is 1. The highest BCUT2D eigenvalue weighted by atomic mass is 16.5. The molecule has 1 aliphatic heterocycles. The molecule has 162 valence electrons. The van der Waals surface area contributed by atoms with Gasteiger partial charge in [0, 0.05) is 49.4 Å². The summed E-state index contributed by atoms with van der Waals surface area (Å²) >= 11 is 0. The highest BCUT2D eigenvalue weighted by Crippen LogP contribution is 2.29. The molecule has 30 heavy (non-hydrogen) atoms. The highest BCUT2D eigenvalue weighted by Gasteiger charge is 2.24. The smallest absolute Gasteiger partial charge is 0.254 e. The third kappa shape index (κ3) is 5.01. The number of anilines is 1. The monoisotopic (exact) mass is 412 g/mol. The summed E-state index contributed by atoms with van der Waals surface area (Å²) in [5, 5.41) is 0. The third-order valence-corrected chi connectivity index (χ3v) is 5.04. The molecule has 7 heteroatoms. The first-order valence-corrected chi connectivity index (χ1v) is 10.5. The van der Waals surface area contributed by atoms with E-state index in [9.17, 15) is 4.79 Å². The zero-order valence-electron chi connectivity index (χ0n) is 18.8. The number of benzene rings is 1. The van der Waals surface area contributed by atoms with Gasteiger partial charge < -0.3 is 19.3 Å². The molecular weight excluding hydrogens is 380 g/mol. The van der Waals surface area contributed by atoms with E-state index in [0.717, 1.165) is 30.4 Å². The van der Waals surface area contributed by atoms with E-state index in [1.165, 1.54) is 0 Å². The largest absolute Gasteiger partial charge is 0.493 e. The number of ether oxygens (including phenoxy) is 2. The molecule has 0 atom stereocenters. The highest BCUT2D eigenvalue weighted by molar-refractivity contribution is 5.95. The van der Waals surface area contributed by atoms with Crippen LogP contribution < -0.4 is 14.4 Å². The molecular formula is C23H32N4O3. The molecule has 1 aliphatic rings. The topological polar surface area (TPSA) is 67.8 Å². The zero-order chi connectivity index (χ0) is 21.8. The van der Waals surface area contributed by atoms with E-state index >= 15 is 0 Å². The number of nitrogens with zero attached hydrogens (tertiary/aromatic N) is 4. The van der Waals surface area contributed by atoms with Crippen molar-refractivity contribution in [3.05, 3.63) is 41.3 Å². The van der Waals surface area contributed by atoms with Crippen LogP contribution in [0.15, 0.2) is 24.3 Å². The van der Waals surface area contributed by atoms with Gasteiger partial charge in [0.15, 0.2) is 11.5 Å². The standard InChI is InChI=1S/C23H32N4O3/c1-15(2)22-24-17(5)13-21(25-22)26-9-11-27(12-10-26)23(28)18-7-8-19(30-16(3)4)20(14-18)29-6/h7-8,13-16H,9-12H2,1-6H3. The van der Waals surface area contributed by atoms with Crippen LogP contribution in [0.25, 0.3) is 0 Å². The Hall–Kier alpha value is -2.83. The quantitative estimate of drug-likeness (QED) is 0.721. The number of hydrogen-bond acceptors (Lipinski definition) is 6. The van der Waals surface area contributed by atoms with E-state index < -0.39 is 0 Å². The number of piperazine rings is 1. The lowest BCUT2D eigenvalue weighted by Gasteiger charge is -2.35. The maximum Gasteiger partial charge on any atom is 0.254 e. The van der Waals surface area contributed by atoms with Crippen molar-refractivity contribution >= 4 is 11.7 Å². The van der Waals surface area contributed by atoms with Gasteiger partial charge in [-0.2, -0.15) is 0 Å². The van der Waals surface area contributed by atoms with Crippen LogP contribution in [0.3, 0.4) is 0 Å². The van der Waals surface area contributed by atoms with E-state index in [-0.39, 0.29) is 17.9 Å². The second kappa shape index (κ2) is 9.32. The Morgan fingerprint density at radius 1 is 1.00 bits per heavy atom. The van der Waals surface area contributed by atoms with Crippen molar-refractivity contribution in [1.29, 1.82) is 0 Å². The first-order chi connectivity index (χ1) is 14.3. The summed E-state index contributed by atoms with van der Waals surface area (Å²) < 4.78 is 11.2. The fourth-order valence-corrected chi connectivity index (χ4v) is 3.47. The van der Waals surface area contributed by atoms with Crippen LogP contribution in [0.4, 0.5) is 5.82 Å². The first-order valence-electron chi connectivity index (χ1n) is 10.5. The van der Waals surface area contributed by atoms with Gasteiger partial charge in [-0.3, -0.25) is 4.79 Å². The van der Waals surface area contributed by atoms with Crippen molar-refractivity contribution in [2.45, 2.75) is 46.6 Å². The Balaban J connectivity index is 1.68. The van der Waals surface area contributed by atoms with Gasteiger partial charge in [-0.05, 0) is 39.0 Å². The van der Waals surface area contributed by atoms with E-state index in [2.05, 4.69) is 23.7 Å². The van der Waals surface area contributed by atoms with Crippen LogP contribution in [-0.2, 0) is 0 Å². The summed E-state index contributed by atoms with van der Waals surface area (Å²) in [6, 6.07) is 7.38. The van der Waals surface area contributed by atoms with Crippen LogP contribution in [0.2, 0.25) is 0 Å². The van der Waals surface area contributed by atoms with Crippen molar-refractivity contribution in [3.63, 3.8) is 0 Å². The number of hydrogen-bond donors (Lipinski definition) is 0. The molecule has 2 heterocycles. The summed E-state index contributed by atoms with van der Waals surface area (Å²) in [5.74, 6) is 3.31. The van der Waals surface area contributed by atoms with Gasteiger partial charge in [0.05, 0.1) is 13.2 Å². The summed E-state index contributed by atoms with van der Waals surface area (Å²) in [4.78, 5) is 26.4. The number of aromatic nitrogens is 2. The van der Waals surface area contributed by atoms with Crippen molar-refractivity contribution in [3.8, 4) is 11.5 Å². The molecule has 1 aromatic heterocycles. The van der Waals surface area contributed by atoms with Crippen molar-refractivity contribution in [2.75, 3.05) is 38.2 Å².